The first kappa shape index (κ1) is 30.4. The highest BCUT2D eigenvalue weighted by Crippen LogP contribution is 2.32. The Balaban J connectivity index is 1.16. The maximum Gasteiger partial charge on any atom is 0.423 e. The highest BCUT2D eigenvalue weighted by Gasteiger charge is 2.38. The Morgan fingerprint density at radius 1 is 1.19 bits per heavy atom. The Hall–Kier alpha value is -4.05. The summed E-state index contributed by atoms with van der Waals surface area (Å²) in [4.78, 5) is 27.9. The average molecular weight is 665 g/mol. The Bertz CT molecular complexity index is 1580. The highest BCUT2D eigenvalue weighted by atomic mass is 79.9. The summed E-state index contributed by atoms with van der Waals surface area (Å²) in [6.07, 6.45) is 0.276. The number of nitrogens with one attached hydrogen (secondary N) is 1. The van der Waals surface area contributed by atoms with Crippen LogP contribution in [0, 0.1) is 0 Å². The zero-order chi connectivity index (χ0) is 30.6. The van der Waals surface area contributed by atoms with E-state index in [2.05, 4.69) is 46.5 Å². The molecule has 1 aromatic carbocycles. The third-order valence-electron chi connectivity index (χ3n) is 6.74. The number of alkyl halides is 3. The molecule has 12 nitrogen and oxygen atoms in total. The van der Waals surface area contributed by atoms with Crippen molar-refractivity contribution in [2.45, 2.75) is 44.6 Å². The van der Waals surface area contributed by atoms with E-state index in [0.29, 0.717) is 29.6 Å². The average Bonchev–Trinajstić information content (AvgIpc) is 3.65. The van der Waals surface area contributed by atoms with Gasteiger partial charge in [0.25, 0.3) is 11.4 Å². The molecule has 0 bridgehead atoms. The fraction of sp³-hybridized carbons (Fsp3) is 0.407. The van der Waals surface area contributed by atoms with Gasteiger partial charge in [-0.2, -0.15) is 23.3 Å². The zero-order valence-corrected chi connectivity index (χ0v) is 24.8. The van der Waals surface area contributed by atoms with Gasteiger partial charge in [-0.3, -0.25) is 4.79 Å². The second-order valence-electron chi connectivity index (χ2n) is 9.98. The van der Waals surface area contributed by atoms with Crippen LogP contribution in [0.5, 0.6) is 5.75 Å². The zero-order valence-electron chi connectivity index (χ0n) is 23.2. The number of benzene rings is 1. The molecular weight excluding hydrogens is 637 g/mol. The number of rotatable bonds is 11. The number of ether oxygens (including phenoxy) is 2. The second kappa shape index (κ2) is 13.1. The van der Waals surface area contributed by atoms with Gasteiger partial charge >= 0.3 is 6.18 Å². The van der Waals surface area contributed by atoms with Gasteiger partial charge in [-0.15, -0.1) is 0 Å². The number of hydrogen-bond donors (Lipinski definition) is 1. The maximum absolute atomic E-state index is 13.9. The van der Waals surface area contributed by atoms with Crippen LogP contribution in [0.2, 0.25) is 0 Å². The van der Waals surface area contributed by atoms with Crippen molar-refractivity contribution in [2.24, 2.45) is 0 Å². The molecule has 1 N–H and O–H groups in total. The van der Waals surface area contributed by atoms with Crippen molar-refractivity contribution in [1.29, 1.82) is 0 Å². The van der Waals surface area contributed by atoms with Crippen molar-refractivity contribution in [3.63, 3.8) is 0 Å². The lowest BCUT2D eigenvalue weighted by atomic mass is 10.1. The Morgan fingerprint density at radius 3 is 2.63 bits per heavy atom. The predicted octanol–water partition coefficient (Wildman–Crippen LogP) is 4.27. The van der Waals surface area contributed by atoms with E-state index in [0.717, 1.165) is 28.3 Å². The highest BCUT2D eigenvalue weighted by molar-refractivity contribution is 9.10. The molecule has 1 saturated heterocycles. The van der Waals surface area contributed by atoms with Crippen LogP contribution in [-0.4, -0.2) is 62.7 Å². The molecule has 1 fully saturated rings. The first-order valence-electron chi connectivity index (χ1n) is 13.3. The lowest BCUT2D eigenvalue weighted by molar-refractivity contribution is -0.138. The number of hydrogen-bond acceptors (Lipinski definition) is 11. The largest absolute Gasteiger partial charge is 0.497 e. The molecule has 3 aromatic heterocycles. The maximum atomic E-state index is 13.9. The van der Waals surface area contributed by atoms with E-state index >= 15 is 0 Å². The molecule has 1 aliphatic heterocycles. The summed E-state index contributed by atoms with van der Waals surface area (Å²) >= 11 is 3.32. The van der Waals surface area contributed by atoms with Crippen LogP contribution in [0.1, 0.15) is 42.1 Å². The topological polar surface area (TPSA) is 133 Å². The SMILES string of the molecule is COc1ccc(Cn2ncc(NC(C)COCc3nc(C4CCN(c5ncc(Br)cn5)C4)no3)c(C(F)(F)F)c2=O)cc1. The minimum atomic E-state index is -4.90. The summed E-state index contributed by atoms with van der Waals surface area (Å²) in [5.41, 5.74) is -2.42. The van der Waals surface area contributed by atoms with Crippen LogP contribution in [0.4, 0.5) is 24.8 Å². The molecule has 0 aliphatic carbocycles. The lowest BCUT2D eigenvalue weighted by Crippen LogP contribution is -2.34. The van der Waals surface area contributed by atoms with Gasteiger partial charge < -0.3 is 24.2 Å². The van der Waals surface area contributed by atoms with Crippen LogP contribution in [-0.2, 0) is 24.1 Å². The Kier molecular flexibility index (Phi) is 9.25. The van der Waals surface area contributed by atoms with Crippen LogP contribution < -0.4 is 20.5 Å². The van der Waals surface area contributed by atoms with E-state index in [1.807, 2.05) is 4.90 Å². The van der Waals surface area contributed by atoms with Crippen molar-refractivity contribution < 1.29 is 27.2 Å². The molecule has 0 spiro atoms. The number of halogens is 4. The minimum Gasteiger partial charge on any atom is -0.497 e. The fourth-order valence-electron chi connectivity index (χ4n) is 4.63. The second-order valence-corrected chi connectivity index (χ2v) is 10.9. The van der Waals surface area contributed by atoms with E-state index < -0.39 is 29.0 Å². The molecule has 228 valence electrons. The van der Waals surface area contributed by atoms with Gasteiger partial charge in [-0.05, 0) is 47.0 Å². The van der Waals surface area contributed by atoms with E-state index in [4.69, 9.17) is 14.0 Å². The van der Waals surface area contributed by atoms with Crippen LogP contribution >= 0.6 is 15.9 Å². The number of aromatic nitrogens is 6. The minimum absolute atomic E-state index is 0.00204. The number of nitrogens with zero attached hydrogens (tertiary/aromatic N) is 7. The van der Waals surface area contributed by atoms with E-state index in [9.17, 15) is 18.0 Å². The molecule has 0 saturated carbocycles. The lowest BCUT2D eigenvalue weighted by Gasteiger charge is -2.19. The standard InChI is InChI=1S/C27H28BrF3N8O4/c1-16(14-42-15-22-36-24(37-43-22)18-7-8-38(13-18)26-32-9-19(28)10-33-26)35-21-11-34-39(25(40)23(21)27(29,30)31)12-17-3-5-20(41-2)6-4-17/h3-6,9-11,16,18,35H,7-8,12-15H2,1-2H3. The first-order chi connectivity index (χ1) is 20.6. The van der Waals surface area contributed by atoms with Crippen molar-refractivity contribution in [1.82, 2.24) is 29.9 Å². The molecule has 2 atom stereocenters. The van der Waals surface area contributed by atoms with Crippen LogP contribution in [0.15, 0.2) is 56.6 Å². The molecular formula is C27H28BrF3N8O4. The van der Waals surface area contributed by atoms with E-state index in [1.54, 1.807) is 43.6 Å². The molecule has 4 aromatic rings. The summed E-state index contributed by atoms with van der Waals surface area (Å²) in [5, 5.41) is 10.7. The van der Waals surface area contributed by atoms with Crippen molar-refractivity contribution in [3.8, 4) is 5.75 Å². The van der Waals surface area contributed by atoms with Gasteiger partial charge in [0, 0.05) is 37.4 Å². The monoisotopic (exact) mass is 664 g/mol. The summed E-state index contributed by atoms with van der Waals surface area (Å²) in [6.45, 7) is 2.85. The number of anilines is 2. The van der Waals surface area contributed by atoms with Gasteiger partial charge in [-0.1, -0.05) is 17.3 Å². The first-order valence-corrected chi connectivity index (χ1v) is 14.1. The third kappa shape index (κ3) is 7.48. The molecule has 16 heteroatoms. The predicted molar refractivity (Wildman–Crippen MR) is 152 cm³/mol. The van der Waals surface area contributed by atoms with Gasteiger partial charge in [0.15, 0.2) is 5.82 Å². The molecule has 1 aliphatic rings. The van der Waals surface area contributed by atoms with Crippen molar-refractivity contribution >= 4 is 27.6 Å². The fourth-order valence-corrected chi connectivity index (χ4v) is 4.84. The van der Waals surface area contributed by atoms with Crippen molar-refractivity contribution in [3.05, 3.63) is 80.5 Å². The smallest absolute Gasteiger partial charge is 0.423 e. The molecule has 0 amide bonds. The van der Waals surface area contributed by atoms with Crippen LogP contribution in [0.3, 0.4) is 0 Å². The summed E-state index contributed by atoms with van der Waals surface area (Å²) < 4.78 is 59.4. The van der Waals surface area contributed by atoms with Gasteiger partial charge in [0.05, 0.1) is 36.6 Å². The summed E-state index contributed by atoms with van der Waals surface area (Å²) in [5.74, 6) is 2.03. The molecule has 2 unspecified atom stereocenters. The quantitative estimate of drug-likeness (QED) is 0.246. The molecule has 43 heavy (non-hydrogen) atoms. The van der Waals surface area contributed by atoms with E-state index in [-0.39, 0.29) is 31.6 Å². The molecule has 5 rings (SSSR count). The van der Waals surface area contributed by atoms with Crippen LogP contribution in [0.25, 0.3) is 0 Å². The third-order valence-corrected chi connectivity index (χ3v) is 7.15. The Labute approximate surface area is 252 Å². The molecule has 4 heterocycles. The van der Waals surface area contributed by atoms with Crippen molar-refractivity contribution in [2.75, 3.05) is 37.0 Å². The van der Waals surface area contributed by atoms with E-state index in [1.165, 1.54) is 7.11 Å². The van der Waals surface area contributed by atoms with Gasteiger partial charge in [0.1, 0.15) is 17.9 Å². The normalized spacial score (nSPS) is 16.0. The summed E-state index contributed by atoms with van der Waals surface area (Å²) in [7, 11) is 1.50. The van der Waals surface area contributed by atoms with Gasteiger partial charge in [0.2, 0.25) is 5.95 Å². The summed E-state index contributed by atoms with van der Waals surface area (Å²) in [6, 6.07) is 6.01. The van der Waals surface area contributed by atoms with Gasteiger partial charge in [-0.25, -0.2) is 14.6 Å². The Morgan fingerprint density at radius 2 is 1.93 bits per heavy atom. The number of methoxy groups -OCH3 is 1. The molecule has 0 radical (unpaired) electrons.